The first-order chi connectivity index (χ1) is 9.08. The van der Waals surface area contributed by atoms with E-state index in [1.807, 2.05) is 43.3 Å². The molecule has 0 aromatic heterocycles. The zero-order chi connectivity index (χ0) is 13.8. The normalized spacial score (nSPS) is 17.8. The molecule has 1 unspecified atom stereocenters. The number of para-hydroxylation sites is 1. The van der Waals surface area contributed by atoms with E-state index >= 15 is 0 Å². The maximum absolute atomic E-state index is 12.2. The summed E-state index contributed by atoms with van der Waals surface area (Å²) in [6.07, 6.45) is 0.213. The summed E-state index contributed by atoms with van der Waals surface area (Å²) in [5.41, 5.74) is 1.64. The molecule has 0 radical (unpaired) electrons. The van der Waals surface area contributed by atoms with Crippen molar-refractivity contribution in [2.45, 2.75) is 12.3 Å². The van der Waals surface area contributed by atoms with E-state index in [4.69, 9.17) is 0 Å². The van der Waals surface area contributed by atoms with Crippen LogP contribution < -0.4 is 10.6 Å². The number of rotatable bonds is 4. The first-order valence-electron chi connectivity index (χ1n) is 6.39. The Kier molecular flexibility index (Phi) is 4.16. The van der Waals surface area contributed by atoms with Gasteiger partial charge in [-0.15, -0.1) is 0 Å². The van der Waals surface area contributed by atoms with Gasteiger partial charge in [-0.25, -0.2) is 0 Å². The van der Waals surface area contributed by atoms with Gasteiger partial charge in [-0.1, -0.05) is 18.2 Å². The third-order valence-corrected chi connectivity index (χ3v) is 3.17. The Morgan fingerprint density at radius 2 is 2.16 bits per heavy atom. The number of carbonyl (C=O) groups excluding carboxylic acids is 2. The summed E-state index contributed by atoms with van der Waals surface area (Å²) in [6.45, 7) is 1.37. The molecule has 0 bridgehead atoms. The molecule has 1 heterocycles. The Labute approximate surface area is 113 Å². The Balaban J connectivity index is 2.07. The van der Waals surface area contributed by atoms with Crippen molar-refractivity contribution in [3.8, 4) is 0 Å². The lowest BCUT2D eigenvalue weighted by atomic mass is 9.90. The van der Waals surface area contributed by atoms with Gasteiger partial charge in [-0.05, 0) is 25.7 Å². The molecular formula is C14H19N3O2. The number of hydrogen-bond donors (Lipinski definition) is 2. The highest BCUT2D eigenvalue weighted by Crippen LogP contribution is 2.31. The van der Waals surface area contributed by atoms with Gasteiger partial charge in [-0.2, -0.15) is 0 Å². The fraction of sp³-hybridized carbons (Fsp3) is 0.429. The lowest BCUT2D eigenvalue weighted by Crippen LogP contribution is -2.37. The van der Waals surface area contributed by atoms with E-state index in [-0.39, 0.29) is 24.2 Å². The number of likely N-dealkylation sites (N-methyl/N-ethyl adjacent to an activating group) is 1. The van der Waals surface area contributed by atoms with Gasteiger partial charge in [-0.3, -0.25) is 9.59 Å². The van der Waals surface area contributed by atoms with Gasteiger partial charge in [0.25, 0.3) is 0 Å². The highest BCUT2D eigenvalue weighted by Gasteiger charge is 2.29. The molecular weight excluding hydrogens is 242 g/mol. The Bertz CT molecular complexity index is 485. The molecule has 5 heteroatoms. The van der Waals surface area contributed by atoms with Crippen molar-refractivity contribution in [2.75, 3.05) is 32.5 Å². The topological polar surface area (TPSA) is 61.4 Å². The largest absolute Gasteiger partial charge is 0.354 e. The lowest BCUT2D eigenvalue weighted by molar-refractivity contribution is -0.126. The molecule has 1 aliphatic heterocycles. The summed E-state index contributed by atoms with van der Waals surface area (Å²) in [7, 11) is 3.91. The van der Waals surface area contributed by atoms with Crippen molar-refractivity contribution in [3.63, 3.8) is 0 Å². The summed E-state index contributed by atoms with van der Waals surface area (Å²) in [5.74, 6) is -0.567. The van der Waals surface area contributed by atoms with Crippen LogP contribution in [-0.4, -0.2) is 43.9 Å². The van der Waals surface area contributed by atoms with Crippen LogP contribution in [0, 0.1) is 0 Å². The van der Waals surface area contributed by atoms with Gasteiger partial charge in [0, 0.05) is 25.2 Å². The highest BCUT2D eigenvalue weighted by atomic mass is 16.2. The average Bonchev–Trinajstić information content (AvgIpc) is 2.37. The Morgan fingerprint density at radius 3 is 2.89 bits per heavy atom. The molecule has 0 saturated heterocycles. The Morgan fingerprint density at radius 1 is 1.42 bits per heavy atom. The van der Waals surface area contributed by atoms with E-state index in [0.717, 1.165) is 17.8 Å². The predicted octanol–water partition coefficient (Wildman–Crippen LogP) is 0.790. The average molecular weight is 261 g/mol. The molecule has 0 saturated carbocycles. The number of hydrogen-bond acceptors (Lipinski definition) is 3. The third-order valence-electron chi connectivity index (χ3n) is 3.17. The summed E-state index contributed by atoms with van der Waals surface area (Å²) in [5, 5.41) is 5.68. The van der Waals surface area contributed by atoms with Crippen LogP contribution in [0.3, 0.4) is 0 Å². The number of anilines is 1. The van der Waals surface area contributed by atoms with Crippen LogP contribution in [0.15, 0.2) is 24.3 Å². The third kappa shape index (κ3) is 3.32. The molecule has 1 aliphatic rings. The number of nitrogens with zero attached hydrogens (tertiary/aromatic N) is 1. The second-order valence-electron chi connectivity index (χ2n) is 4.99. The van der Waals surface area contributed by atoms with Crippen LogP contribution in [0.5, 0.6) is 0 Å². The standard InChI is InChI=1S/C14H19N3O2/c1-17(2)8-7-15-14(19)11-9-13(18)16-12-6-4-3-5-10(11)12/h3-6,11H,7-9H2,1-2H3,(H,15,19)(H,16,18). The van der Waals surface area contributed by atoms with E-state index in [2.05, 4.69) is 10.6 Å². The molecule has 19 heavy (non-hydrogen) atoms. The van der Waals surface area contributed by atoms with Crippen LogP contribution in [0.1, 0.15) is 17.9 Å². The van der Waals surface area contributed by atoms with Gasteiger partial charge >= 0.3 is 0 Å². The van der Waals surface area contributed by atoms with Crippen LogP contribution in [0.2, 0.25) is 0 Å². The van der Waals surface area contributed by atoms with Crippen LogP contribution in [0.4, 0.5) is 5.69 Å². The van der Waals surface area contributed by atoms with Gasteiger partial charge in [0.15, 0.2) is 0 Å². The number of carbonyl (C=O) groups is 2. The van der Waals surface area contributed by atoms with E-state index in [9.17, 15) is 9.59 Å². The predicted molar refractivity (Wildman–Crippen MR) is 74.0 cm³/mol. The van der Waals surface area contributed by atoms with Crippen molar-refractivity contribution in [1.82, 2.24) is 10.2 Å². The maximum atomic E-state index is 12.2. The molecule has 1 aromatic carbocycles. The van der Waals surface area contributed by atoms with E-state index in [0.29, 0.717) is 6.54 Å². The quantitative estimate of drug-likeness (QED) is 0.842. The van der Waals surface area contributed by atoms with Crippen molar-refractivity contribution >= 4 is 17.5 Å². The van der Waals surface area contributed by atoms with Crippen molar-refractivity contribution in [1.29, 1.82) is 0 Å². The minimum Gasteiger partial charge on any atom is -0.354 e. The second kappa shape index (κ2) is 5.84. The molecule has 2 amide bonds. The smallest absolute Gasteiger partial charge is 0.228 e. The fourth-order valence-electron chi connectivity index (χ4n) is 2.17. The Hall–Kier alpha value is -1.88. The summed E-state index contributed by atoms with van der Waals surface area (Å²) in [4.78, 5) is 25.8. The number of nitrogens with one attached hydrogen (secondary N) is 2. The molecule has 0 spiro atoms. The SMILES string of the molecule is CN(C)CCNC(=O)C1CC(=O)Nc2ccccc21. The summed E-state index contributed by atoms with van der Waals surface area (Å²) >= 11 is 0. The van der Waals surface area contributed by atoms with Crippen molar-refractivity contribution in [3.05, 3.63) is 29.8 Å². The molecule has 2 N–H and O–H groups in total. The minimum atomic E-state index is -0.382. The molecule has 102 valence electrons. The van der Waals surface area contributed by atoms with Crippen LogP contribution in [0.25, 0.3) is 0 Å². The molecule has 2 rings (SSSR count). The zero-order valence-electron chi connectivity index (χ0n) is 11.3. The first kappa shape index (κ1) is 13.5. The monoisotopic (exact) mass is 261 g/mol. The van der Waals surface area contributed by atoms with Crippen molar-refractivity contribution in [2.24, 2.45) is 0 Å². The van der Waals surface area contributed by atoms with Crippen molar-refractivity contribution < 1.29 is 9.59 Å². The minimum absolute atomic E-state index is 0.0795. The second-order valence-corrected chi connectivity index (χ2v) is 4.99. The van der Waals surface area contributed by atoms with E-state index in [1.165, 1.54) is 0 Å². The van der Waals surface area contributed by atoms with Gasteiger partial charge in [0.1, 0.15) is 0 Å². The molecule has 0 aliphatic carbocycles. The summed E-state index contributed by atoms with van der Waals surface area (Å²) < 4.78 is 0. The van der Waals surface area contributed by atoms with Gasteiger partial charge < -0.3 is 15.5 Å². The van der Waals surface area contributed by atoms with Crippen LogP contribution >= 0.6 is 0 Å². The maximum Gasteiger partial charge on any atom is 0.228 e. The number of fused-ring (bicyclic) bond motifs is 1. The van der Waals surface area contributed by atoms with Gasteiger partial charge in [0.05, 0.1) is 5.92 Å². The summed E-state index contributed by atoms with van der Waals surface area (Å²) in [6, 6.07) is 7.46. The lowest BCUT2D eigenvalue weighted by Gasteiger charge is -2.25. The highest BCUT2D eigenvalue weighted by molar-refractivity contribution is 6.01. The molecule has 0 fully saturated rings. The first-order valence-corrected chi connectivity index (χ1v) is 6.39. The number of amides is 2. The molecule has 5 nitrogen and oxygen atoms in total. The van der Waals surface area contributed by atoms with E-state index < -0.39 is 0 Å². The number of benzene rings is 1. The van der Waals surface area contributed by atoms with Crippen LogP contribution in [-0.2, 0) is 9.59 Å². The molecule has 1 atom stereocenters. The zero-order valence-corrected chi connectivity index (χ0v) is 11.3. The van der Waals surface area contributed by atoms with Gasteiger partial charge in [0.2, 0.25) is 11.8 Å². The molecule has 1 aromatic rings. The fourth-order valence-corrected chi connectivity index (χ4v) is 2.17. The van der Waals surface area contributed by atoms with E-state index in [1.54, 1.807) is 0 Å².